The second-order valence-corrected chi connectivity index (χ2v) is 3.10. The van der Waals surface area contributed by atoms with Crippen LogP contribution >= 0.6 is 0 Å². The van der Waals surface area contributed by atoms with E-state index in [4.69, 9.17) is 5.73 Å². The van der Waals surface area contributed by atoms with E-state index in [1.54, 1.807) is 0 Å². The number of nitrogens with one attached hydrogen (secondary N) is 1. The molecule has 0 fully saturated rings. The van der Waals surface area contributed by atoms with Crippen molar-refractivity contribution in [3.63, 3.8) is 0 Å². The highest BCUT2D eigenvalue weighted by Gasteiger charge is 2.15. The summed E-state index contributed by atoms with van der Waals surface area (Å²) in [5, 5.41) is 3.25. The first kappa shape index (κ1) is 7.61. The summed E-state index contributed by atoms with van der Waals surface area (Å²) in [5.41, 5.74) is 7.85. The molecule has 0 amide bonds. The third-order valence-electron chi connectivity index (χ3n) is 2.31. The number of fused-ring (bicyclic) bond motifs is 1. The second-order valence-electron chi connectivity index (χ2n) is 3.10. The van der Waals surface area contributed by atoms with Crippen LogP contribution in [0.1, 0.15) is 17.8 Å². The molecule has 12 heavy (non-hydrogen) atoms. The topological polar surface area (TPSA) is 55.9 Å². The highest BCUT2D eigenvalue weighted by molar-refractivity contribution is 5.35. The quantitative estimate of drug-likeness (QED) is 0.637. The fourth-order valence-electron chi connectivity index (χ4n) is 1.68. The van der Waals surface area contributed by atoms with Gasteiger partial charge in [-0.1, -0.05) is 0 Å². The minimum Gasteiger partial charge on any atom is -0.356 e. The second kappa shape index (κ2) is 2.79. The average Bonchev–Trinajstić information content (AvgIpc) is 2.40. The fourth-order valence-corrected chi connectivity index (χ4v) is 1.68. The Bertz CT molecular complexity index is 289. The number of aryl methyl sites for hydroxylation is 1. The zero-order valence-corrected chi connectivity index (χ0v) is 7.30. The molecule has 1 aromatic rings. The summed E-state index contributed by atoms with van der Waals surface area (Å²) in [5.74, 6) is 0.985. The summed E-state index contributed by atoms with van der Waals surface area (Å²) in [6, 6.07) is 0. The minimum absolute atomic E-state index is 0.584. The van der Waals surface area contributed by atoms with Gasteiger partial charge < -0.3 is 15.6 Å². The lowest BCUT2D eigenvalue weighted by Gasteiger charge is -2.17. The molecule has 4 nitrogen and oxygen atoms in total. The number of nitrogens with two attached hydrogens (primary N) is 1. The van der Waals surface area contributed by atoms with Crippen LogP contribution in [0.25, 0.3) is 0 Å². The molecular formula is C8H14N4. The number of imidazole rings is 1. The third-order valence-corrected chi connectivity index (χ3v) is 2.31. The lowest BCUT2D eigenvalue weighted by molar-refractivity contribution is 0.603. The minimum atomic E-state index is 0.584. The van der Waals surface area contributed by atoms with Gasteiger partial charge in [0, 0.05) is 19.6 Å². The molecule has 3 N–H and O–H groups in total. The van der Waals surface area contributed by atoms with E-state index in [2.05, 4.69) is 14.9 Å². The first-order chi connectivity index (χ1) is 5.83. The van der Waals surface area contributed by atoms with Crippen molar-refractivity contribution in [3.05, 3.63) is 11.4 Å². The Morgan fingerprint density at radius 3 is 3.25 bits per heavy atom. The van der Waals surface area contributed by atoms with E-state index in [-0.39, 0.29) is 0 Å². The van der Waals surface area contributed by atoms with E-state index in [1.807, 2.05) is 6.92 Å². The van der Waals surface area contributed by atoms with Crippen LogP contribution in [0.15, 0.2) is 0 Å². The Morgan fingerprint density at radius 1 is 1.67 bits per heavy atom. The SMILES string of the molecule is Cc1nc2n(c1CN)CCCN2. The summed E-state index contributed by atoms with van der Waals surface area (Å²) >= 11 is 0. The summed E-state index contributed by atoms with van der Waals surface area (Å²) in [6.07, 6.45) is 1.16. The zero-order valence-electron chi connectivity index (χ0n) is 7.30. The maximum absolute atomic E-state index is 5.63. The van der Waals surface area contributed by atoms with E-state index in [0.717, 1.165) is 36.8 Å². The smallest absolute Gasteiger partial charge is 0.203 e. The standard InChI is InChI=1S/C8H14N4/c1-6-7(5-9)12-4-2-3-10-8(12)11-6/h2-5,9H2,1H3,(H,10,11). The van der Waals surface area contributed by atoms with Gasteiger partial charge >= 0.3 is 0 Å². The molecule has 0 aliphatic carbocycles. The van der Waals surface area contributed by atoms with Crippen LogP contribution in [-0.4, -0.2) is 16.1 Å². The third kappa shape index (κ3) is 0.992. The van der Waals surface area contributed by atoms with Gasteiger partial charge in [-0.3, -0.25) is 0 Å². The van der Waals surface area contributed by atoms with Gasteiger partial charge in [-0.15, -0.1) is 0 Å². The van der Waals surface area contributed by atoms with Crippen molar-refractivity contribution in [3.8, 4) is 0 Å². The number of nitrogens with zero attached hydrogens (tertiary/aromatic N) is 2. The molecule has 0 spiro atoms. The summed E-state index contributed by atoms with van der Waals surface area (Å²) in [7, 11) is 0. The highest BCUT2D eigenvalue weighted by Crippen LogP contribution is 2.18. The van der Waals surface area contributed by atoms with Crippen molar-refractivity contribution in [1.82, 2.24) is 9.55 Å². The van der Waals surface area contributed by atoms with Crippen molar-refractivity contribution in [2.75, 3.05) is 11.9 Å². The Morgan fingerprint density at radius 2 is 2.50 bits per heavy atom. The van der Waals surface area contributed by atoms with Gasteiger partial charge in [-0.05, 0) is 13.3 Å². The van der Waals surface area contributed by atoms with Gasteiger partial charge in [0.05, 0.1) is 11.4 Å². The molecular weight excluding hydrogens is 152 g/mol. The van der Waals surface area contributed by atoms with Gasteiger partial charge in [-0.2, -0.15) is 0 Å². The molecule has 1 aromatic heterocycles. The Balaban J connectivity index is 2.46. The average molecular weight is 166 g/mol. The van der Waals surface area contributed by atoms with Gasteiger partial charge in [-0.25, -0.2) is 4.98 Å². The Kier molecular flexibility index (Phi) is 1.77. The van der Waals surface area contributed by atoms with Crippen LogP contribution in [-0.2, 0) is 13.1 Å². The largest absolute Gasteiger partial charge is 0.356 e. The maximum atomic E-state index is 5.63. The van der Waals surface area contributed by atoms with E-state index >= 15 is 0 Å². The van der Waals surface area contributed by atoms with E-state index in [1.165, 1.54) is 0 Å². The van der Waals surface area contributed by atoms with Crippen LogP contribution in [0.2, 0.25) is 0 Å². The zero-order chi connectivity index (χ0) is 8.55. The molecule has 0 aromatic carbocycles. The first-order valence-electron chi connectivity index (χ1n) is 4.33. The van der Waals surface area contributed by atoms with Gasteiger partial charge in [0.1, 0.15) is 0 Å². The predicted molar refractivity (Wildman–Crippen MR) is 48.0 cm³/mol. The summed E-state index contributed by atoms with van der Waals surface area (Å²) in [4.78, 5) is 4.39. The molecule has 0 saturated heterocycles. The number of hydrogen-bond acceptors (Lipinski definition) is 3. The van der Waals surface area contributed by atoms with Crippen molar-refractivity contribution in [2.45, 2.75) is 26.4 Å². The first-order valence-corrected chi connectivity index (χ1v) is 4.33. The summed E-state index contributed by atoms with van der Waals surface area (Å²) in [6.45, 7) is 4.67. The lowest BCUT2D eigenvalue weighted by atomic mass is 10.3. The lowest BCUT2D eigenvalue weighted by Crippen LogP contribution is -2.19. The normalized spacial score (nSPS) is 15.5. The van der Waals surface area contributed by atoms with Crippen LogP contribution in [0.3, 0.4) is 0 Å². The molecule has 2 heterocycles. The number of aromatic nitrogens is 2. The molecule has 1 aliphatic heterocycles. The van der Waals surface area contributed by atoms with Crippen LogP contribution in [0, 0.1) is 6.92 Å². The maximum Gasteiger partial charge on any atom is 0.203 e. The molecule has 0 radical (unpaired) electrons. The molecule has 66 valence electrons. The highest BCUT2D eigenvalue weighted by atomic mass is 15.2. The van der Waals surface area contributed by atoms with Crippen molar-refractivity contribution in [2.24, 2.45) is 5.73 Å². The number of hydrogen-bond donors (Lipinski definition) is 2. The number of rotatable bonds is 1. The van der Waals surface area contributed by atoms with Crippen LogP contribution in [0.4, 0.5) is 5.95 Å². The Labute approximate surface area is 71.8 Å². The molecule has 1 aliphatic rings. The van der Waals surface area contributed by atoms with E-state index in [0.29, 0.717) is 6.54 Å². The molecule has 0 saturated carbocycles. The van der Waals surface area contributed by atoms with E-state index in [9.17, 15) is 0 Å². The predicted octanol–water partition coefficient (Wildman–Crippen LogP) is 0.466. The van der Waals surface area contributed by atoms with Crippen LogP contribution < -0.4 is 11.1 Å². The van der Waals surface area contributed by atoms with Crippen LogP contribution in [0.5, 0.6) is 0 Å². The van der Waals surface area contributed by atoms with Crippen molar-refractivity contribution >= 4 is 5.95 Å². The summed E-state index contributed by atoms with van der Waals surface area (Å²) < 4.78 is 2.18. The number of anilines is 1. The molecule has 0 atom stereocenters. The van der Waals surface area contributed by atoms with Gasteiger partial charge in [0.25, 0.3) is 0 Å². The van der Waals surface area contributed by atoms with Gasteiger partial charge in [0.2, 0.25) is 5.95 Å². The molecule has 2 rings (SSSR count). The molecule has 4 heteroatoms. The molecule has 0 unspecified atom stereocenters. The van der Waals surface area contributed by atoms with Crippen molar-refractivity contribution < 1.29 is 0 Å². The van der Waals surface area contributed by atoms with Crippen molar-refractivity contribution in [1.29, 1.82) is 0 Å². The monoisotopic (exact) mass is 166 g/mol. The fraction of sp³-hybridized carbons (Fsp3) is 0.625. The van der Waals surface area contributed by atoms with E-state index < -0.39 is 0 Å². The molecule has 0 bridgehead atoms. The van der Waals surface area contributed by atoms with Gasteiger partial charge in [0.15, 0.2) is 0 Å². The Hall–Kier alpha value is -1.03.